The van der Waals surface area contributed by atoms with Crippen molar-refractivity contribution < 1.29 is 0 Å². The molecule has 0 bridgehead atoms. The van der Waals surface area contributed by atoms with Crippen LogP contribution >= 0.6 is 0 Å². The van der Waals surface area contributed by atoms with Gasteiger partial charge >= 0.3 is 0 Å². The molecule has 0 spiro atoms. The van der Waals surface area contributed by atoms with E-state index in [-0.39, 0.29) is 0 Å². The first-order chi connectivity index (χ1) is 8.79. The molecule has 0 amide bonds. The molecule has 3 aromatic rings. The third-order valence-corrected chi connectivity index (χ3v) is 2.91. The maximum Gasteiger partial charge on any atom is 0.148 e. The Morgan fingerprint density at radius 1 is 1.39 bits per heavy atom. The zero-order valence-corrected chi connectivity index (χ0v) is 9.78. The van der Waals surface area contributed by atoms with E-state index in [1.54, 1.807) is 4.68 Å². The highest BCUT2D eigenvalue weighted by atomic mass is 15.5. The third-order valence-electron chi connectivity index (χ3n) is 2.91. The molecule has 0 aliphatic heterocycles. The van der Waals surface area contributed by atoms with E-state index in [0.29, 0.717) is 12.1 Å². The third kappa shape index (κ3) is 1.53. The summed E-state index contributed by atoms with van der Waals surface area (Å²) in [6.07, 6.45) is 3.86. The molecular weight excluding hydrogens is 228 g/mol. The average Bonchev–Trinajstić information content (AvgIpc) is 2.93. The SMILES string of the molecule is Cc1nnnn1Cc1cn2ccccc2c1C#N. The molecule has 0 aromatic carbocycles. The lowest BCUT2D eigenvalue weighted by molar-refractivity contribution is 0.633. The molecule has 0 saturated heterocycles. The van der Waals surface area contributed by atoms with Crippen LogP contribution in [0.5, 0.6) is 0 Å². The minimum atomic E-state index is 0.503. The number of nitriles is 1. The van der Waals surface area contributed by atoms with Gasteiger partial charge in [-0.05, 0) is 29.5 Å². The van der Waals surface area contributed by atoms with Crippen LogP contribution in [0.1, 0.15) is 17.0 Å². The summed E-state index contributed by atoms with van der Waals surface area (Å²) in [6.45, 7) is 2.34. The lowest BCUT2D eigenvalue weighted by atomic mass is 10.2. The fourth-order valence-corrected chi connectivity index (χ4v) is 1.98. The summed E-state index contributed by atoms with van der Waals surface area (Å²) in [7, 11) is 0. The molecule has 6 heteroatoms. The Kier molecular flexibility index (Phi) is 2.31. The van der Waals surface area contributed by atoms with Gasteiger partial charge in [0.15, 0.2) is 0 Å². The maximum atomic E-state index is 9.28. The zero-order chi connectivity index (χ0) is 12.5. The molecule has 3 heterocycles. The first-order valence-electron chi connectivity index (χ1n) is 5.51. The van der Waals surface area contributed by atoms with Gasteiger partial charge in [-0.1, -0.05) is 6.07 Å². The van der Waals surface area contributed by atoms with Gasteiger partial charge in [0, 0.05) is 18.0 Å². The molecule has 0 atom stereocenters. The fraction of sp³-hybridized carbons (Fsp3) is 0.167. The second-order valence-corrected chi connectivity index (χ2v) is 4.02. The van der Waals surface area contributed by atoms with Gasteiger partial charge in [-0.15, -0.1) is 5.10 Å². The number of hydrogen-bond acceptors (Lipinski definition) is 4. The van der Waals surface area contributed by atoms with Crippen LogP contribution in [0.3, 0.4) is 0 Å². The second-order valence-electron chi connectivity index (χ2n) is 4.02. The van der Waals surface area contributed by atoms with E-state index in [2.05, 4.69) is 21.6 Å². The van der Waals surface area contributed by atoms with E-state index in [1.807, 2.05) is 41.9 Å². The molecule has 3 aromatic heterocycles. The Balaban J connectivity index is 2.12. The molecule has 88 valence electrons. The van der Waals surface area contributed by atoms with Crippen molar-refractivity contribution in [3.8, 4) is 6.07 Å². The van der Waals surface area contributed by atoms with Gasteiger partial charge in [0.05, 0.1) is 17.6 Å². The van der Waals surface area contributed by atoms with Gasteiger partial charge in [-0.3, -0.25) is 0 Å². The van der Waals surface area contributed by atoms with Crippen LogP contribution < -0.4 is 0 Å². The largest absolute Gasteiger partial charge is 0.322 e. The molecule has 0 aliphatic rings. The highest BCUT2D eigenvalue weighted by Crippen LogP contribution is 2.18. The summed E-state index contributed by atoms with van der Waals surface area (Å²) in [4.78, 5) is 0. The van der Waals surface area contributed by atoms with Gasteiger partial charge in [-0.25, -0.2) is 4.68 Å². The number of hydrogen-bond donors (Lipinski definition) is 0. The number of pyridine rings is 1. The summed E-state index contributed by atoms with van der Waals surface area (Å²) < 4.78 is 3.61. The first kappa shape index (κ1) is 10.5. The normalized spacial score (nSPS) is 10.7. The summed E-state index contributed by atoms with van der Waals surface area (Å²) in [5.74, 6) is 0.731. The number of aromatic nitrogens is 5. The summed E-state index contributed by atoms with van der Waals surface area (Å²) in [5.41, 5.74) is 2.49. The predicted molar refractivity (Wildman–Crippen MR) is 63.8 cm³/mol. The van der Waals surface area contributed by atoms with E-state index in [4.69, 9.17) is 0 Å². The van der Waals surface area contributed by atoms with Crippen molar-refractivity contribution >= 4 is 5.52 Å². The standard InChI is InChI=1S/C12H10N6/c1-9-14-15-16-18(9)8-10-7-17-5-3-2-4-12(17)11(10)6-13/h2-5,7H,8H2,1H3. The van der Waals surface area contributed by atoms with E-state index >= 15 is 0 Å². The van der Waals surface area contributed by atoms with Crippen molar-refractivity contribution in [3.63, 3.8) is 0 Å². The molecule has 0 saturated carbocycles. The van der Waals surface area contributed by atoms with Crippen LogP contribution in [-0.4, -0.2) is 24.6 Å². The van der Waals surface area contributed by atoms with Gasteiger partial charge in [0.2, 0.25) is 0 Å². The molecule has 3 rings (SSSR count). The lowest BCUT2D eigenvalue weighted by Gasteiger charge is -1.99. The van der Waals surface area contributed by atoms with Gasteiger partial charge in [0.25, 0.3) is 0 Å². The average molecular weight is 238 g/mol. The van der Waals surface area contributed by atoms with Crippen molar-refractivity contribution in [3.05, 3.63) is 47.5 Å². The Bertz CT molecular complexity index is 745. The van der Waals surface area contributed by atoms with E-state index in [9.17, 15) is 5.26 Å². The van der Waals surface area contributed by atoms with Crippen LogP contribution in [-0.2, 0) is 6.54 Å². The topological polar surface area (TPSA) is 71.8 Å². The van der Waals surface area contributed by atoms with Crippen LogP contribution in [0.25, 0.3) is 5.52 Å². The molecule has 0 aliphatic carbocycles. The number of rotatable bonds is 2. The highest BCUT2D eigenvalue weighted by molar-refractivity contribution is 5.65. The van der Waals surface area contributed by atoms with Gasteiger partial charge < -0.3 is 4.40 Å². The number of aryl methyl sites for hydroxylation is 1. The van der Waals surface area contributed by atoms with Crippen molar-refractivity contribution in [2.45, 2.75) is 13.5 Å². The Labute approximate surface area is 103 Å². The number of nitrogens with zero attached hydrogens (tertiary/aromatic N) is 6. The molecular formula is C12H10N6. The molecule has 0 radical (unpaired) electrons. The Morgan fingerprint density at radius 2 is 2.28 bits per heavy atom. The van der Waals surface area contributed by atoms with E-state index in [1.165, 1.54) is 0 Å². The van der Waals surface area contributed by atoms with Gasteiger partial charge in [-0.2, -0.15) is 5.26 Å². The smallest absolute Gasteiger partial charge is 0.148 e. The quantitative estimate of drug-likeness (QED) is 0.671. The predicted octanol–water partition coefficient (Wildman–Crippen LogP) is 1.15. The van der Waals surface area contributed by atoms with Crippen molar-refractivity contribution in [2.75, 3.05) is 0 Å². The van der Waals surface area contributed by atoms with Crippen LogP contribution in [0, 0.1) is 18.3 Å². The molecule has 0 fully saturated rings. The maximum absolute atomic E-state index is 9.28. The summed E-state index contributed by atoms with van der Waals surface area (Å²) in [6, 6.07) is 8.02. The molecule has 0 unspecified atom stereocenters. The Hall–Kier alpha value is -2.68. The van der Waals surface area contributed by atoms with Crippen molar-refractivity contribution in [2.24, 2.45) is 0 Å². The van der Waals surface area contributed by atoms with Gasteiger partial charge in [0.1, 0.15) is 11.9 Å². The second kappa shape index (κ2) is 3.96. The molecule has 18 heavy (non-hydrogen) atoms. The summed E-state index contributed by atoms with van der Waals surface area (Å²) >= 11 is 0. The fourth-order valence-electron chi connectivity index (χ4n) is 1.98. The Morgan fingerprint density at radius 3 is 3.00 bits per heavy atom. The van der Waals surface area contributed by atoms with Crippen LogP contribution in [0.15, 0.2) is 30.6 Å². The minimum Gasteiger partial charge on any atom is -0.322 e. The first-order valence-corrected chi connectivity index (χ1v) is 5.51. The van der Waals surface area contributed by atoms with E-state index in [0.717, 1.165) is 16.9 Å². The van der Waals surface area contributed by atoms with Crippen molar-refractivity contribution in [1.82, 2.24) is 24.6 Å². The highest BCUT2D eigenvalue weighted by Gasteiger charge is 2.11. The molecule has 0 N–H and O–H groups in total. The number of tetrazole rings is 1. The molecule has 6 nitrogen and oxygen atoms in total. The minimum absolute atomic E-state index is 0.503. The zero-order valence-electron chi connectivity index (χ0n) is 9.78. The monoisotopic (exact) mass is 238 g/mol. The van der Waals surface area contributed by atoms with Crippen LogP contribution in [0.2, 0.25) is 0 Å². The lowest BCUT2D eigenvalue weighted by Crippen LogP contribution is -2.04. The summed E-state index contributed by atoms with van der Waals surface area (Å²) in [5, 5.41) is 20.6. The van der Waals surface area contributed by atoms with Crippen molar-refractivity contribution in [1.29, 1.82) is 5.26 Å². The number of fused-ring (bicyclic) bond motifs is 1. The van der Waals surface area contributed by atoms with E-state index < -0.39 is 0 Å². The van der Waals surface area contributed by atoms with Crippen LogP contribution in [0.4, 0.5) is 0 Å².